The molecule has 1 aromatic carbocycles. The van der Waals surface area contributed by atoms with Crippen LogP contribution >= 0.6 is 0 Å². The van der Waals surface area contributed by atoms with Gasteiger partial charge in [0.05, 0.1) is 0 Å². The number of hydrogen-bond donors (Lipinski definition) is 2. The van der Waals surface area contributed by atoms with E-state index >= 15 is 0 Å². The Morgan fingerprint density at radius 1 is 1.24 bits per heavy atom. The molecule has 0 radical (unpaired) electrons. The van der Waals surface area contributed by atoms with Crippen molar-refractivity contribution < 1.29 is 4.79 Å². The maximum Gasteiger partial charge on any atom is 0.244 e. The molecule has 3 nitrogen and oxygen atoms in total. The second-order valence-electron chi connectivity index (χ2n) is 6.74. The number of carbonyl (C=O) groups is 1. The molecule has 1 fully saturated rings. The summed E-state index contributed by atoms with van der Waals surface area (Å²) in [4.78, 5) is 12.3. The van der Waals surface area contributed by atoms with E-state index in [9.17, 15) is 4.79 Å². The average molecular weight is 288 g/mol. The van der Waals surface area contributed by atoms with Gasteiger partial charge in [-0.2, -0.15) is 0 Å². The number of carbonyl (C=O) groups excluding carboxylic acids is 1. The summed E-state index contributed by atoms with van der Waals surface area (Å²) in [7, 11) is 0. The van der Waals surface area contributed by atoms with E-state index in [0.717, 1.165) is 30.4 Å². The molecule has 1 atom stereocenters. The summed E-state index contributed by atoms with van der Waals surface area (Å²) in [6.45, 7) is 4.84. The fraction of sp³-hybridized carbons (Fsp3) is 0.611. The molecule has 1 unspecified atom stereocenters. The number of nitrogens with one attached hydrogen (secondary N) is 1. The van der Waals surface area contributed by atoms with Gasteiger partial charge in [0.25, 0.3) is 0 Å². The zero-order valence-corrected chi connectivity index (χ0v) is 13.3. The molecule has 1 saturated carbocycles. The highest BCUT2D eigenvalue weighted by molar-refractivity contribution is 5.86. The fourth-order valence-corrected chi connectivity index (χ4v) is 3.11. The van der Waals surface area contributed by atoms with Crippen LogP contribution in [0, 0.1) is 11.8 Å². The highest BCUT2D eigenvalue weighted by Crippen LogP contribution is 2.30. The first-order valence-electron chi connectivity index (χ1n) is 8.13. The van der Waals surface area contributed by atoms with Crippen molar-refractivity contribution in [3.8, 4) is 0 Å². The maximum absolute atomic E-state index is 12.3. The minimum Gasteiger partial charge on any atom is -0.354 e. The van der Waals surface area contributed by atoms with E-state index in [1.807, 2.05) is 30.3 Å². The van der Waals surface area contributed by atoms with Crippen LogP contribution in [-0.4, -0.2) is 12.5 Å². The summed E-state index contributed by atoms with van der Waals surface area (Å²) in [6, 6.07) is 9.57. The van der Waals surface area contributed by atoms with Crippen molar-refractivity contribution in [3.05, 3.63) is 35.9 Å². The van der Waals surface area contributed by atoms with Crippen molar-refractivity contribution in [2.24, 2.45) is 17.6 Å². The van der Waals surface area contributed by atoms with Crippen molar-refractivity contribution in [3.63, 3.8) is 0 Å². The highest BCUT2D eigenvalue weighted by Gasteiger charge is 2.30. The van der Waals surface area contributed by atoms with Gasteiger partial charge in [0.1, 0.15) is 5.54 Å². The van der Waals surface area contributed by atoms with Crippen LogP contribution in [-0.2, 0) is 10.3 Å². The molecular weight excluding hydrogens is 260 g/mol. The Hall–Kier alpha value is -1.35. The van der Waals surface area contributed by atoms with Crippen LogP contribution in [0.4, 0.5) is 0 Å². The number of amides is 1. The Labute approximate surface area is 128 Å². The van der Waals surface area contributed by atoms with Gasteiger partial charge in [-0.3, -0.25) is 4.79 Å². The van der Waals surface area contributed by atoms with Crippen LogP contribution in [0.2, 0.25) is 0 Å². The van der Waals surface area contributed by atoms with Crippen molar-refractivity contribution in [1.29, 1.82) is 0 Å². The lowest BCUT2D eigenvalue weighted by atomic mass is 9.81. The molecular formula is C18H28N2O. The predicted octanol–water partition coefficient (Wildman–Crippen LogP) is 3.19. The molecule has 0 bridgehead atoms. The molecule has 0 spiro atoms. The lowest BCUT2D eigenvalue weighted by Crippen LogP contribution is -2.49. The first-order chi connectivity index (χ1) is 10.00. The Bertz CT molecular complexity index is 448. The van der Waals surface area contributed by atoms with Gasteiger partial charge in [0.15, 0.2) is 0 Å². The number of hydrogen-bond acceptors (Lipinski definition) is 2. The van der Waals surface area contributed by atoms with Gasteiger partial charge >= 0.3 is 0 Å². The largest absolute Gasteiger partial charge is 0.354 e. The van der Waals surface area contributed by atoms with Crippen LogP contribution < -0.4 is 11.1 Å². The lowest BCUT2D eigenvalue weighted by Gasteiger charge is -2.27. The molecule has 1 aliphatic rings. The standard InChI is InChI=1S/C18H28N2O/c1-14-8-10-15(11-9-14)12-13-20-17(21)18(2,19)16-6-4-3-5-7-16/h3-7,14-15H,8-13,19H2,1-2H3,(H,20,21). The molecule has 0 heterocycles. The summed E-state index contributed by atoms with van der Waals surface area (Å²) < 4.78 is 0. The molecule has 2 rings (SSSR count). The molecule has 3 heteroatoms. The van der Waals surface area contributed by atoms with E-state index in [1.165, 1.54) is 25.7 Å². The van der Waals surface area contributed by atoms with E-state index < -0.39 is 5.54 Å². The second kappa shape index (κ2) is 7.08. The first kappa shape index (κ1) is 16.0. The minimum atomic E-state index is -0.956. The Morgan fingerprint density at radius 2 is 1.86 bits per heavy atom. The van der Waals surface area contributed by atoms with Crippen LogP contribution in [0.25, 0.3) is 0 Å². The second-order valence-corrected chi connectivity index (χ2v) is 6.74. The Balaban J connectivity index is 1.79. The van der Waals surface area contributed by atoms with Gasteiger partial charge in [0, 0.05) is 6.54 Å². The van der Waals surface area contributed by atoms with Gasteiger partial charge < -0.3 is 11.1 Å². The zero-order valence-electron chi connectivity index (χ0n) is 13.3. The van der Waals surface area contributed by atoms with Crippen molar-refractivity contribution in [2.45, 2.75) is 51.5 Å². The van der Waals surface area contributed by atoms with Gasteiger partial charge in [0.2, 0.25) is 5.91 Å². The van der Waals surface area contributed by atoms with Gasteiger partial charge in [-0.05, 0) is 30.7 Å². The molecule has 0 aliphatic heterocycles. The molecule has 1 aliphatic carbocycles. The van der Waals surface area contributed by atoms with Crippen molar-refractivity contribution in [1.82, 2.24) is 5.32 Å². The van der Waals surface area contributed by atoms with E-state index in [-0.39, 0.29) is 5.91 Å². The van der Waals surface area contributed by atoms with Crippen LogP contribution in [0.3, 0.4) is 0 Å². The normalized spacial score (nSPS) is 25.1. The highest BCUT2D eigenvalue weighted by atomic mass is 16.2. The van der Waals surface area contributed by atoms with Crippen LogP contribution in [0.1, 0.15) is 51.5 Å². The summed E-state index contributed by atoms with van der Waals surface area (Å²) in [5.74, 6) is 1.56. The molecule has 1 aromatic rings. The third kappa shape index (κ3) is 4.31. The summed E-state index contributed by atoms with van der Waals surface area (Å²) >= 11 is 0. The first-order valence-corrected chi connectivity index (χ1v) is 8.13. The fourth-order valence-electron chi connectivity index (χ4n) is 3.11. The maximum atomic E-state index is 12.3. The average Bonchev–Trinajstić information content (AvgIpc) is 2.50. The summed E-state index contributed by atoms with van der Waals surface area (Å²) in [5.41, 5.74) is 6.11. The molecule has 0 aromatic heterocycles. The van der Waals surface area contributed by atoms with Gasteiger partial charge in [-0.15, -0.1) is 0 Å². The van der Waals surface area contributed by atoms with Crippen LogP contribution in [0.15, 0.2) is 30.3 Å². The summed E-state index contributed by atoms with van der Waals surface area (Å²) in [5, 5.41) is 3.02. The number of benzene rings is 1. The minimum absolute atomic E-state index is 0.0853. The van der Waals surface area contributed by atoms with Gasteiger partial charge in [-0.1, -0.05) is 62.9 Å². The molecule has 21 heavy (non-hydrogen) atoms. The molecule has 116 valence electrons. The van der Waals surface area contributed by atoms with E-state index in [1.54, 1.807) is 6.92 Å². The van der Waals surface area contributed by atoms with E-state index in [0.29, 0.717) is 0 Å². The van der Waals surface area contributed by atoms with Crippen molar-refractivity contribution in [2.75, 3.05) is 6.54 Å². The topological polar surface area (TPSA) is 55.1 Å². The Kier molecular flexibility index (Phi) is 5.40. The van der Waals surface area contributed by atoms with E-state index in [4.69, 9.17) is 5.73 Å². The SMILES string of the molecule is CC1CCC(CCNC(=O)C(C)(N)c2ccccc2)CC1. The molecule has 3 N–H and O–H groups in total. The number of nitrogens with two attached hydrogens (primary N) is 1. The lowest BCUT2D eigenvalue weighted by molar-refractivity contribution is -0.126. The summed E-state index contributed by atoms with van der Waals surface area (Å²) in [6.07, 6.45) is 6.34. The third-order valence-corrected chi connectivity index (χ3v) is 4.82. The Morgan fingerprint density at radius 3 is 2.48 bits per heavy atom. The van der Waals surface area contributed by atoms with Crippen molar-refractivity contribution >= 4 is 5.91 Å². The van der Waals surface area contributed by atoms with Crippen LogP contribution in [0.5, 0.6) is 0 Å². The van der Waals surface area contributed by atoms with Gasteiger partial charge in [-0.25, -0.2) is 0 Å². The predicted molar refractivity (Wildman–Crippen MR) is 86.7 cm³/mol. The molecule has 1 amide bonds. The number of rotatable bonds is 5. The van der Waals surface area contributed by atoms with E-state index in [2.05, 4.69) is 12.2 Å². The quantitative estimate of drug-likeness (QED) is 0.874. The molecule has 0 saturated heterocycles. The zero-order chi connectivity index (χ0) is 15.3. The monoisotopic (exact) mass is 288 g/mol. The smallest absolute Gasteiger partial charge is 0.244 e. The third-order valence-electron chi connectivity index (χ3n) is 4.82.